The molecule has 2 aromatic rings. The summed E-state index contributed by atoms with van der Waals surface area (Å²) in [5.41, 5.74) is 0.952. The first-order valence-electron chi connectivity index (χ1n) is 4.64. The van der Waals surface area contributed by atoms with Crippen LogP contribution in [0.2, 0.25) is 5.02 Å². The fourth-order valence-corrected chi connectivity index (χ4v) is 2.93. The van der Waals surface area contributed by atoms with Crippen LogP contribution < -0.4 is 0 Å². The van der Waals surface area contributed by atoms with E-state index in [4.69, 9.17) is 11.6 Å². The van der Waals surface area contributed by atoms with Gasteiger partial charge in [0.15, 0.2) is 5.78 Å². The zero-order valence-corrected chi connectivity index (χ0v) is 11.6. The summed E-state index contributed by atoms with van der Waals surface area (Å²) in [6.07, 6.45) is 0. The number of hydrogen-bond donors (Lipinski definition) is 0. The minimum absolute atomic E-state index is 0.0855. The van der Waals surface area contributed by atoms with E-state index in [2.05, 4.69) is 15.9 Å². The van der Waals surface area contributed by atoms with Gasteiger partial charge in [-0.2, -0.15) is 0 Å². The van der Waals surface area contributed by atoms with Crippen molar-refractivity contribution in [1.82, 2.24) is 0 Å². The van der Waals surface area contributed by atoms with E-state index >= 15 is 0 Å². The second kappa shape index (κ2) is 4.70. The smallest absolute Gasteiger partial charge is 0.169 e. The highest BCUT2D eigenvalue weighted by Crippen LogP contribution is 2.35. The fraction of sp³-hybridized carbons (Fsp3) is 0.0833. The highest BCUT2D eigenvalue weighted by molar-refractivity contribution is 9.10. The van der Waals surface area contributed by atoms with E-state index in [1.807, 2.05) is 30.3 Å². The van der Waals surface area contributed by atoms with E-state index in [1.54, 1.807) is 6.92 Å². The van der Waals surface area contributed by atoms with Crippen LogP contribution in [0.3, 0.4) is 0 Å². The second-order valence-corrected chi connectivity index (χ2v) is 5.75. The number of Topliss-reactive ketones (excluding diaryl/α,β-unsaturated/α-hetero) is 1. The molecule has 0 aliphatic rings. The number of halogens is 2. The van der Waals surface area contributed by atoms with Crippen molar-refractivity contribution < 1.29 is 4.79 Å². The molecule has 1 aromatic carbocycles. The summed E-state index contributed by atoms with van der Waals surface area (Å²) in [6, 6.07) is 9.45. The molecule has 82 valence electrons. The lowest BCUT2D eigenvalue weighted by Gasteiger charge is -2.01. The van der Waals surface area contributed by atoms with Crippen LogP contribution in [-0.2, 0) is 0 Å². The Morgan fingerprint density at radius 3 is 2.69 bits per heavy atom. The van der Waals surface area contributed by atoms with E-state index in [0.717, 1.165) is 19.8 Å². The van der Waals surface area contributed by atoms with E-state index in [0.29, 0.717) is 5.02 Å². The zero-order chi connectivity index (χ0) is 11.7. The zero-order valence-electron chi connectivity index (χ0n) is 8.46. The minimum Gasteiger partial charge on any atom is -0.294 e. The third-order valence-electron chi connectivity index (χ3n) is 2.15. The molecule has 0 bridgehead atoms. The Bertz CT molecular complexity index is 548. The Balaban J connectivity index is 2.50. The molecule has 16 heavy (non-hydrogen) atoms. The van der Waals surface area contributed by atoms with Crippen LogP contribution in [0.5, 0.6) is 0 Å². The van der Waals surface area contributed by atoms with Crippen molar-refractivity contribution in [3.63, 3.8) is 0 Å². The molecule has 0 amide bonds. The first-order valence-corrected chi connectivity index (χ1v) is 6.63. The summed E-state index contributed by atoms with van der Waals surface area (Å²) in [7, 11) is 0. The third-order valence-corrected chi connectivity index (χ3v) is 4.19. The van der Waals surface area contributed by atoms with Crippen molar-refractivity contribution in [1.29, 1.82) is 0 Å². The lowest BCUT2D eigenvalue weighted by Crippen LogP contribution is -1.83. The van der Waals surface area contributed by atoms with Crippen molar-refractivity contribution in [3.8, 4) is 10.4 Å². The van der Waals surface area contributed by atoms with Gasteiger partial charge >= 0.3 is 0 Å². The molecule has 0 N–H and O–H groups in total. The Labute approximate surface area is 111 Å². The molecule has 2 rings (SSSR count). The van der Waals surface area contributed by atoms with Crippen LogP contribution in [-0.4, -0.2) is 5.78 Å². The molecule has 0 aliphatic heterocycles. The van der Waals surface area contributed by atoms with Gasteiger partial charge in [-0.15, -0.1) is 11.3 Å². The minimum atomic E-state index is 0.0855. The summed E-state index contributed by atoms with van der Waals surface area (Å²) in [5, 5.41) is 0.695. The van der Waals surface area contributed by atoms with Crippen LogP contribution >= 0.6 is 38.9 Å². The first-order chi connectivity index (χ1) is 7.58. The highest BCUT2D eigenvalue weighted by Gasteiger charge is 2.09. The Hall–Kier alpha value is -0.640. The van der Waals surface area contributed by atoms with Gasteiger partial charge in [0.2, 0.25) is 0 Å². The molecule has 1 nitrogen and oxygen atoms in total. The number of rotatable bonds is 2. The second-order valence-electron chi connectivity index (χ2n) is 3.34. The number of carbonyl (C=O) groups is 1. The fourth-order valence-electron chi connectivity index (χ4n) is 1.36. The summed E-state index contributed by atoms with van der Waals surface area (Å²) in [4.78, 5) is 13.0. The predicted octanol–water partition coefficient (Wildman–Crippen LogP) is 5.03. The topological polar surface area (TPSA) is 17.1 Å². The van der Waals surface area contributed by atoms with Gasteiger partial charge in [0.1, 0.15) is 0 Å². The lowest BCUT2D eigenvalue weighted by atomic mass is 10.2. The molecule has 0 atom stereocenters. The third kappa shape index (κ3) is 2.37. The Morgan fingerprint density at radius 1 is 1.31 bits per heavy atom. The monoisotopic (exact) mass is 314 g/mol. The van der Waals surface area contributed by atoms with E-state index < -0.39 is 0 Å². The number of ketones is 1. The molecule has 1 aromatic heterocycles. The molecule has 1 heterocycles. The van der Waals surface area contributed by atoms with Crippen LogP contribution in [0.15, 0.2) is 34.8 Å². The van der Waals surface area contributed by atoms with Crippen LogP contribution in [0.1, 0.15) is 16.6 Å². The molecule has 0 unspecified atom stereocenters. The largest absolute Gasteiger partial charge is 0.294 e. The quantitative estimate of drug-likeness (QED) is 0.710. The van der Waals surface area contributed by atoms with Gasteiger partial charge in [-0.3, -0.25) is 4.79 Å². The van der Waals surface area contributed by atoms with Crippen molar-refractivity contribution in [3.05, 3.63) is 44.7 Å². The lowest BCUT2D eigenvalue weighted by molar-refractivity contribution is 0.102. The Morgan fingerprint density at radius 2 is 2.06 bits per heavy atom. The van der Waals surface area contributed by atoms with Crippen molar-refractivity contribution in [2.75, 3.05) is 0 Å². The maximum atomic E-state index is 11.2. The first kappa shape index (κ1) is 11.8. The maximum Gasteiger partial charge on any atom is 0.169 e. The Kier molecular flexibility index (Phi) is 3.47. The van der Waals surface area contributed by atoms with E-state index in [-0.39, 0.29) is 5.78 Å². The average molecular weight is 316 g/mol. The number of benzene rings is 1. The molecule has 0 saturated carbocycles. The van der Waals surface area contributed by atoms with Gasteiger partial charge in [0, 0.05) is 19.9 Å². The molecular formula is C12H8BrClOS. The van der Waals surface area contributed by atoms with Gasteiger partial charge in [0.05, 0.1) is 4.88 Å². The van der Waals surface area contributed by atoms with Crippen LogP contribution in [0.4, 0.5) is 0 Å². The van der Waals surface area contributed by atoms with Gasteiger partial charge in [-0.25, -0.2) is 0 Å². The van der Waals surface area contributed by atoms with Crippen molar-refractivity contribution >= 4 is 44.7 Å². The normalized spacial score (nSPS) is 10.4. The number of thiophene rings is 1. The molecule has 0 saturated heterocycles. The standard InChI is InChI=1S/C12H8BrClOS/c1-7(15)11-4-5-12(16-11)9-6-8(13)2-3-10(9)14/h2-6H,1H3. The SMILES string of the molecule is CC(=O)c1ccc(-c2cc(Br)ccc2Cl)s1. The summed E-state index contributed by atoms with van der Waals surface area (Å²) in [6.45, 7) is 1.57. The average Bonchev–Trinajstić information content (AvgIpc) is 2.70. The highest BCUT2D eigenvalue weighted by atomic mass is 79.9. The maximum absolute atomic E-state index is 11.2. The van der Waals surface area contributed by atoms with Gasteiger partial charge in [0.25, 0.3) is 0 Å². The number of hydrogen-bond acceptors (Lipinski definition) is 2. The van der Waals surface area contributed by atoms with Crippen molar-refractivity contribution in [2.45, 2.75) is 6.92 Å². The molecule has 0 fully saturated rings. The van der Waals surface area contributed by atoms with E-state index in [1.165, 1.54) is 11.3 Å². The van der Waals surface area contributed by atoms with Crippen LogP contribution in [0.25, 0.3) is 10.4 Å². The summed E-state index contributed by atoms with van der Waals surface area (Å²) < 4.78 is 0.977. The van der Waals surface area contributed by atoms with Gasteiger partial charge in [-0.1, -0.05) is 27.5 Å². The number of carbonyl (C=O) groups excluding carboxylic acids is 1. The molecule has 4 heteroatoms. The molecule has 0 spiro atoms. The van der Waals surface area contributed by atoms with Gasteiger partial charge in [-0.05, 0) is 37.3 Å². The van der Waals surface area contributed by atoms with Gasteiger partial charge < -0.3 is 0 Å². The van der Waals surface area contributed by atoms with E-state index in [9.17, 15) is 4.79 Å². The summed E-state index contributed by atoms with van der Waals surface area (Å²) >= 11 is 11.0. The molecule has 0 radical (unpaired) electrons. The van der Waals surface area contributed by atoms with Crippen LogP contribution in [0, 0.1) is 0 Å². The van der Waals surface area contributed by atoms with Crippen molar-refractivity contribution in [2.24, 2.45) is 0 Å². The summed E-state index contributed by atoms with van der Waals surface area (Å²) in [5.74, 6) is 0.0855. The predicted molar refractivity (Wildman–Crippen MR) is 72.5 cm³/mol. The molecule has 0 aliphatic carbocycles. The molecular weight excluding hydrogens is 308 g/mol.